The predicted octanol–water partition coefficient (Wildman–Crippen LogP) is 3.56. The van der Waals surface area contributed by atoms with Gasteiger partial charge in [0.15, 0.2) is 0 Å². The Labute approximate surface area is 165 Å². The average molecular weight is 401 g/mol. The van der Waals surface area contributed by atoms with Crippen LogP contribution in [-0.2, 0) is 4.79 Å². The van der Waals surface area contributed by atoms with Crippen molar-refractivity contribution < 1.29 is 18.7 Å². The number of methoxy groups -OCH3 is 1. The van der Waals surface area contributed by atoms with E-state index in [1.807, 2.05) is 0 Å². The van der Waals surface area contributed by atoms with Crippen LogP contribution in [0, 0.1) is 0 Å². The van der Waals surface area contributed by atoms with Crippen molar-refractivity contribution in [2.45, 2.75) is 12.3 Å². The van der Waals surface area contributed by atoms with E-state index in [1.165, 1.54) is 6.07 Å². The molecule has 0 radical (unpaired) electrons. The molecule has 3 rings (SSSR count). The number of ether oxygens (including phenoxy) is 1. The summed E-state index contributed by atoms with van der Waals surface area (Å²) < 4.78 is 10.6. The third kappa shape index (κ3) is 4.66. The number of carbonyl (C=O) groups is 2. The molecule has 0 aliphatic carbocycles. The topological polar surface area (TPSA) is 106 Å². The van der Waals surface area contributed by atoms with Gasteiger partial charge in [0.05, 0.1) is 7.11 Å². The van der Waals surface area contributed by atoms with Crippen molar-refractivity contribution in [2.75, 3.05) is 17.7 Å². The standard InChI is InChI=1S/C19H17ClN4O4/c1-11(20)16(25)21-14-5-3-4-13(10-14)17(26)22-19-24-23-18(28-19)12-6-8-15(27-2)9-7-12/h3-11H,1-2H3,(H,21,25)(H,22,24,26)/t11-/m1/s1. The van der Waals surface area contributed by atoms with Crippen LogP contribution in [0.5, 0.6) is 5.75 Å². The van der Waals surface area contributed by atoms with Crippen molar-refractivity contribution in [1.82, 2.24) is 10.2 Å². The molecule has 0 unspecified atom stereocenters. The van der Waals surface area contributed by atoms with Gasteiger partial charge in [0.1, 0.15) is 11.1 Å². The summed E-state index contributed by atoms with van der Waals surface area (Å²) in [4.78, 5) is 24.1. The number of benzene rings is 2. The fraction of sp³-hybridized carbons (Fsp3) is 0.158. The molecule has 1 atom stereocenters. The second-order valence-electron chi connectivity index (χ2n) is 5.78. The molecule has 9 heteroatoms. The smallest absolute Gasteiger partial charge is 0.322 e. The maximum absolute atomic E-state index is 12.4. The van der Waals surface area contributed by atoms with Crippen molar-refractivity contribution in [3.05, 3.63) is 54.1 Å². The molecule has 0 saturated heterocycles. The molecule has 0 bridgehead atoms. The van der Waals surface area contributed by atoms with Crippen LogP contribution >= 0.6 is 11.6 Å². The number of amides is 2. The number of anilines is 2. The Hall–Kier alpha value is -3.39. The number of carbonyl (C=O) groups excluding carboxylic acids is 2. The van der Waals surface area contributed by atoms with E-state index in [9.17, 15) is 9.59 Å². The maximum atomic E-state index is 12.4. The van der Waals surface area contributed by atoms with Gasteiger partial charge < -0.3 is 14.5 Å². The van der Waals surface area contributed by atoms with E-state index < -0.39 is 11.3 Å². The molecule has 0 fully saturated rings. The number of aromatic nitrogens is 2. The molecule has 2 N–H and O–H groups in total. The van der Waals surface area contributed by atoms with Crippen LogP contribution < -0.4 is 15.4 Å². The lowest BCUT2D eigenvalue weighted by atomic mass is 10.2. The first kappa shape index (κ1) is 19.4. The van der Waals surface area contributed by atoms with E-state index in [-0.39, 0.29) is 17.8 Å². The third-order valence-electron chi connectivity index (χ3n) is 3.74. The fourth-order valence-corrected chi connectivity index (χ4v) is 2.33. The summed E-state index contributed by atoms with van der Waals surface area (Å²) in [5, 5.41) is 12.2. The van der Waals surface area contributed by atoms with Gasteiger partial charge in [-0.15, -0.1) is 16.7 Å². The van der Waals surface area contributed by atoms with E-state index in [2.05, 4.69) is 20.8 Å². The molecule has 1 heterocycles. The van der Waals surface area contributed by atoms with Gasteiger partial charge in [-0.2, -0.15) is 0 Å². The SMILES string of the molecule is COc1ccc(-c2nnc(NC(=O)c3cccc(NC(=O)[C@@H](C)Cl)c3)o2)cc1. The van der Waals surface area contributed by atoms with Gasteiger partial charge in [0, 0.05) is 16.8 Å². The molecule has 8 nitrogen and oxygen atoms in total. The predicted molar refractivity (Wildman–Crippen MR) is 105 cm³/mol. The zero-order valence-electron chi connectivity index (χ0n) is 15.1. The molecular weight excluding hydrogens is 384 g/mol. The zero-order valence-corrected chi connectivity index (χ0v) is 15.9. The minimum atomic E-state index is -0.688. The Morgan fingerprint density at radius 2 is 1.86 bits per heavy atom. The van der Waals surface area contributed by atoms with Crippen LogP contribution in [0.25, 0.3) is 11.5 Å². The van der Waals surface area contributed by atoms with Gasteiger partial charge in [-0.3, -0.25) is 14.9 Å². The van der Waals surface area contributed by atoms with E-state index in [0.717, 1.165) is 0 Å². The highest BCUT2D eigenvalue weighted by Crippen LogP contribution is 2.23. The number of nitrogens with zero attached hydrogens (tertiary/aromatic N) is 2. The van der Waals surface area contributed by atoms with Gasteiger partial charge in [-0.25, -0.2) is 0 Å². The number of hydrogen-bond donors (Lipinski definition) is 2. The summed E-state index contributed by atoms with van der Waals surface area (Å²) in [5.74, 6) is 0.141. The van der Waals surface area contributed by atoms with Crippen LogP contribution in [-0.4, -0.2) is 34.5 Å². The summed E-state index contributed by atoms with van der Waals surface area (Å²) in [5.41, 5.74) is 1.45. The van der Waals surface area contributed by atoms with Gasteiger partial charge in [-0.1, -0.05) is 11.2 Å². The number of rotatable bonds is 6. The van der Waals surface area contributed by atoms with Crippen molar-refractivity contribution in [3.63, 3.8) is 0 Å². The van der Waals surface area contributed by atoms with Gasteiger partial charge in [0.2, 0.25) is 11.8 Å². The minimum absolute atomic E-state index is 0.0420. The summed E-state index contributed by atoms with van der Waals surface area (Å²) in [6.45, 7) is 1.56. The Morgan fingerprint density at radius 3 is 2.54 bits per heavy atom. The highest BCUT2D eigenvalue weighted by atomic mass is 35.5. The second kappa shape index (κ2) is 8.53. The maximum Gasteiger partial charge on any atom is 0.322 e. The van der Waals surface area contributed by atoms with Crippen molar-refractivity contribution in [2.24, 2.45) is 0 Å². The number of hydrogen-bond acceptors (Lipinski definition) is 6. The summed E-state index contributed by atoms with van der Waals surface area (Å²) in [7, 11) is 1.58. The Bertz CT molecular complexity index is 986. The van der Waals surface area contributed by atoms with Gasteiger partial charge in [-0.05, 0) is 49.4 Å². The summed E-state index contributed by atoms with van der Waals surface area (Å²) in [6, 6.07) is 13.4. The Balaban J connectivity index is 1.69. The van der Waals surface area contributed by atoms with Gasteiger partial charge in [0.25, 0.3) is 5.91 Å². The van der Waals surface area contributed by atoms with Crippen LogP contribution in [0.1, 0.15) is 17.3 Å². The van der Waals surface area contributed by atoms with Crippen LogP contribution in [0.4, 0.5) is 11.7 Å². The first-order valence-corrected chi connectivity index (χ1v) is 8.74. The molecule has 28 heavy (non-hydrogen) atoms. The number of alkyl halides is 1. The minimum Gasteiger partial charge on any atom is -0.497 e. The molecule has 0 spiro atoms. The lowest BCUT2D eigenvalue weighted by Gasteiger charge is -2.08. The molecule has 2 aromatic carbocycles. The van der Waals surface area contributed by atoms with Crippen LogP contribution in [0.2, 0.25) is 0 Å². The molecule has 1 aromatic heterocycles. The van der Waals surface area contributed by atoms with Crippen molar-refractivity contribution >= 4 is 35.1 Å². The highest BCUT2D eigenvalue weighted by Gasteiger charge is 2.14. The lowest BCUT2D eigenvalue weighted by Crippen LogP contribution is -2.20. The average Bonchev–Trinajstić information content (AvgIpc) is 3.16. The third-order valence-corrected chi connectivity index (χ3v) is 3.93. The van der Waals surface area contributed by atoms with E-state index >= 15 is 0 Å². The molecular formula is C19H17ClN4O4. The van der Waals surface area contributed by atoms with Crippen molar-refractivity contribution in [1.29, 1.82) is 0 Å². The molecule has 144 valence electrons. The lowest BCUT2D eigenvalue weighted by molar-refractivity contribution is -0.115. The van der Waals surface area contributed by atoms with Gasteiger partial charge >= 0.3 is 6.01 Å². The first-order chi connectivity index (χ1) is 13.5. The van der Waals surface area contributed by atoms with E-state index in [1.54, 1.807) is 56.5 Å². The van der Waals surface area contributed by atoms with Crippen LogP contribution in [0.3, 0.4) is 0 Å². The summed E-state index contributed by atoms with van der Waals surface area (Å²) in [6.07, 6.45) is 0. The van der Waals surface area contributed by atoms with Crippen molar-refractivity contribution in [3.8, 4) is 17.2 Å². The van der Waals surface area contributed by atoms with Crippen LogP contribution in [0.15, 0.2) is 52.9 Å². The molecule has 3 aromatic rings. The normalized spacial score (nSPS) is 11.5. The number of nitrogens with one attached hydrogen (secondary N) is 2. The molecule has 2 amide bonds. The molecule has 0 saturated carbocycles. The Morgan fingerprint density at radius 1 is 1.11 bits per heavy atom. The Kier molecular flexibility index (Phi) is 5.90. The quantitative estimate of drug-likeness (QED) is 0.613. The molecule has 0 aliphatic heterocycles. The first-order valence-electron chi connectivity index (χ1n) is 8.30. The molecule has 0 aliphatic rings. The van der Waals surface area contributed by atoms with E-state index in [0.29, 0.717) is 22.6 Å². The monoisotopic (exact) mass is 400 g/mol. The number of halogens is 1. The second-order valence-corrected chi connectivity index (χ2v) is 6.44. The largest absolute Gasteiger partial charge is 0.497 e. The fourth-order valence-electron chi connectivity index (χ4n) is 2.27. The highest BCUT2D eigenvalue weighted by molar-refractivity contribution is 6.32. The van der Waals surface area contributed by atoms with E-state index in [4.69, 9.17) is 20.8 Å². The summed E-state index contributed by atoms with van der Waals surface area (Å²) >= 11 is 5.73. The zero-order chi connectivity index (χ0) is 20.1.